The molecule has 0 aliphatic carbocycles. The van der Waals surface area contributed by atoms with Crippen LogP contribution < -0.4 is 5.32 Å². The Morgan fingerprint density at radius 1 is 1.14 bits per heavy atom. The van der Waals surface area contributed by atoms with Crippen LogP contribution in [0.15, 0.2) is 54.7 Å². The fourth-order valence-electron chi connectivity index (χ4n) is 3.67. The fraction of sp³-hybridized carbons (Fsp3) is 0.273. The Morgan fingerprint density at radius 3 is 2.64 bits per heavy atom. The van der Waals surface area contributed by atoms with Gasteiger partial charge in [-0.25, -0.2) is 4.39 Å². The van der Waals surface area contributed by atoms with Gasteiger partial charge < -0.3 is 5.32 Å². The number of aromatic nitrogens is 1. The summed E-state index contributed by atoms with van der Waals surface area (Å²) in [7, 11) is 0. The number of nitrogens with one attached hydrogen (secondary N) is 1. The first kappa shape index (κ1) is 18.8. The van der Waals surface area contributed by atoms with Crippen molar-refractivity contribution in [2.24, 2.45) is 0 Å². The van der Waals surface area contributed by atoms with Crippen molar-refractivity contribution in [1.82, 2.24) is 15.2 Å². The molecular weight excluding hydrogens is 377 g/mol. The van der Waals surface area contributed by atoms with E-state index in [9.17, 15) is 9.18 Å². The molecule has 1 saturated heterocycles. The second-order valence-electron chi connectivity index (χ2n) is 7.14. The van der Waals surface area contributed by atoms with Gasteiger partial charge in [-0.15, -0.1) is 0 Å². The molecule has 1 amide bonds. The summed E-state index contributed by atoms with van der Waals surface area (Å²) in [6.45, 7) is 2.60. The van der Waals surface area contributed by atoms with Gasteiger partial charge in [0.1, 0.15) is 5.82 Å². The van der Waals surface area contributed by atoms with Crippen molar-refractivity contribution < 1.29 is 9.18 Å². The van der Waals surface area contributed by atoms with Crippen LogP contribution in [-0.4, -0.2) is 34.9 Å². The Hall–Kier alpha value is -2.50. The highest BCUT2D eigenvalue weighted by atomic mass is 35.5. The zero-order chi connectivity index (χ0) is 19.5. The van der Waals surface area contributed by atoms with Crippen LogP contribution in [0, 0.1) is 5.82 Å². The molecule has 6 heteroatoms. The van der Waals surface area contributed by atoms with Crippen LogP contribution >= 0.6 is 11.6 Å². The lowest BCUT2D eigenvalue weighted by Gasteiger charge is -2.32. The molecule has 0 bridgehead atoms. The molecule has 28 heavy (non-hydrogen) atoms. The zero-order valence-electron chi connectivity index (χ0n) is 15.4. The molecule has 1 fully saturated rings. The molecule has 3 aromatic rings. The van der Waals surface area contributed by atoms with E-state index < -0.39 is 0 Å². The number of fused-ring (bicyclic) bond motifs is 1. The number of piperidine rings is 1. The summed E-state index contributed by atoms with van der Waals surface area (Å²) in [5.74, 6) is -0.486. The monoisotopic (exact) mass is 397 g/mol. The summed E-state index contributed by atoms with van der Waals surface area (Å²) >= 11 is 6.28. The number of hydrogen-bond acceptors (Lipinski definition) is 3. The molecular formula is C22H21ClFN3O. The van der Waals surface area contributed by atoms with Crippen LogP contribution in [0.3, 0.4) is 0 Å². The second-order valence-corrected chi connectivity index (χ2v) is 7.54. The molecule has 1 aromatic heterocycles. The molecule has 0 unspecified atom stereocenters. The molecule has 2 heterocycles. The molecule has 1 aliphatic rings. The first-order valence-corrected chi connectivity index (χ1v) is 9.79. The van der Waals surface area contributed by atoms with Crippen molar-refractivity contribution >= 4 is 28.4 Å². The van der Waals surface area contributed by atoms with Crippen molar-refractivity contribution in [2.45, 2.75) is 25.4 Å². The lowest BCUT2D eigenvalue weighted by atomic mass is 10.0. The average Bonchev–Trinajstić information content (AvgIpc) is 2.72. The molecule has 1 N–H and O–H groups in total. The number of pyridine rings is 1. The summed E-state index contributed by atoms with van der Waals surface area (Å²) in [6.07, 6.45) is 3.55. The number of carbonyl (C=O) groups is 1. The minimum Gasteiger partial charge on any atom is -0.349 e. The van der Waals surface area contributed by atoms with Crippen molar-refractivity contribution in [2.75, 3.05) is 13.1 Å². The van der Waals surface area contributed by atoms with E-state index >= 15 is 0 Å². The van der Waals surface area contributed by atoms with E-state index in [4.69, 9.17) is 11.6 Å². The highest BCUT2D eigenvalue weighted by Crippen LogP contribution is 2.26. The molecule has 0 saturated carbocycles. The molecule has 4 rings (SSSR count). The van der Waals surface area contributed by atoms with Gasteiger partial charge >= 0.3 is 0 Å². The largest absolute Gasteiger partial charge is 0.349 e. The van der Waals surface area contributed by atoms with Crippen LogP contribution in [-0.2, 0) is 6.54 Å². The van der Waals surface area contributed by atoms with Crippen LogP contribution in [0.25, 0.3) is 10.9 Å². The van der Waals surface area contributed by atoms with E-state index in [1.54, 1.807) is 6.20 Å². The molecule has 0 atom stereocenters. The molecule has 144 valence electrons. The zero-order valence-corrected chi connectivity index (χ0v) is 16.1. The summed E-state index contributed by atoms with van der Waals surface area (Å²) in [5, 5.41) is 4.75. The number of amides is 1. The van der Waals surface area contributed by atoms with E-state index in [1.165, 1.54) is 24.3 Å². The van der Waals surface area contributed by atoms with Gasteiger partial charge in [0.05, 0.1) is 5.52 Å². The number of likely N-dealkylation sites (tertiary alicyclic amines) is 1. The number of hydrogen-bond donors (Lipinski definition) is 1. The lowest BCUT2D eigenvalue weighted by molar-refractivity contribution is 0.0909. The lowest BCUT2D eigenvalue weighted by Crippen LogP contribution is -2.44. The average molecular weight is 398 g/mol. The van der Waals surface area contributed by atoms with Crippen molar-refractivity contribution in [1.29, 1.82) is 0 Å². The van der Waals surface area contributed by atoms with Gasteiger partial charge in [0.2, 0.25) is 0 Å². The molecule has 0 radical (unpaired) electrons. The normalized spacial score (nSPS) is 15.6. The Labute approximate surface area is 168 Å². The Bertz CT molecular complexity index is 985. The first-order valence-electron chi connectivity index (χ1n) is 9.41. The Morgan fingerprint density at radius 2 is 1.89 bits per heavy atom. The van der Waals surface area contributed by atoms with Crippen molar-refractivity contribution in [3.8, 4) is 0 Å². The van der Waals surface area contributed by atoms with Gasteiger partial charge in [0.25, 0.3) is 5.91 Å². The van der Waals surface area contributed by atoms with Gasteiger partial charge in [0, 0.05) is 47.8 Å². The van der Waals surface area contributed by atoms with Crippen LogP contribution in [0.4, 0.5) is 4.39 Å². The van der Waals surface area contributed by atoms with E-state index in [-0.39, 0.29) is 17.8 Å². The smallest absolute Gasteiger partial charge is 0.251 e. The highest BCUT2D eigenvalue weighted by Gasteiger charge is 2.22. The first-order chi connectivity index (χ1) is 13.6. The summed E-state index contributed by atoms with van der Waals surface area (Å²) in [5.41, 5.74) is 2.60. The van der Waals surface area contributed by atoms with E-state index in [0.29, 0.717) is 10.6 Å². The van der Waals surface area contributed by atoms with E-state index in [0.717, 1.165) is 48.9 Å². The Balaban J connectivity index is 1.35. The third-order valence-electron chi connectivity index (χ3n) is 5.22. The van der Waals surface area contributed by atoms with Crippen LogP contribution in [0.2, 0.25) is 5.02 Å². The fourth-order valence-corrected chi connectivity index (χ4v) is 3.89. The van der Waals surface area contributed by atoms with Gasteiger partial charge in [-0.05, 0) is 60.9 Å². The number of benzene rings is 2. The van der Waals surface area contributed by atoms with Gasteiger partial charge in [0.15, 0.2) is 0 Å². The van der Waals surface area contributed by atoms with Crippen LogP contribution in [0.1, 0.15) is 28.8 Å². The quantitative estimate of drug-likeness (QED) is 0.708. The number of carbonyl (C=O) groups excluding carboxylic acids is 1. The maximum atomic E-state index is 13.0. The summed E-state index contributed by atoms with van der Waals surface area (Å²) < 4.78 is 13.0. The van der Waals surface area contributed by atoms with Gasteiger partial charge in [-0.3, -0.25) is 14.7 Å². The third-order valence-corrected chi connectivity index (χ3v) is 5.55. The van der Waals surface area contributed by atoms with Crippen LogP contribution in [0.5, 0.6) is 0 Å². The minimum atomic E-state index is -0.339. The number of rotatable bonds is 4. The maximum absolute atomic E-state index is 13.0. The number of halogens is 2. The second kappa shape index (κ2) is 8.25. The predicted molar refractivity (Wildman–Crippen MR) is 109 cm³/mol. The molecule has 4 nitrogen and oxygen atoms in total. The third kappa shape index (κ3) is 4.16. The predicted octanol–water partition coefficient (Wildman–Crippen LogP) is 4.42. The maximum Gasteiger partial charge on any atom is 0.251 e. The van der Waals surface area contributed by atoms with Crippen molar-refractivity contribution in [3.63, 3.8) is 0 Å². The number of nitrogens with zero attached hydrogens (tertiary/aromatic N) is 2. The van der Waals surface area contributed by atoms with Gasteiger partial charge in [-0.1, -0.05) is 17.7 Å². The Kier molecular flexibility index (Phi) is 5.55. The highest BCUT2D eigenvalue weighted by molar-refractivity contribution is 6.35. The topological polar surface area (TPSA) is 45.2 Å². The standard InChI is InChI=1S/C22H21ClFN3O/c23-20-8-5-16(21-19(20)2-1-11-25-21)14-27-12-9-18(10-13-27)26-22(28)15-3-6-17(24)7-4-15/h1-8,11,18H,9-10,12-14H2,(H,26,28). The molecule has 0 spiro atoms. The van der Waals surface area contributed by atoms with E-state index in [2.05, 4.69) is 15.2 Å². The summed E-state index contributed by atoms with van der Waals surface area (Å²) in [4.78, 5) is 19.2. The molecule has 2 aromatic carbocycles. The van der Waals surface area contributed by atoms with Crippen molar-refractivity contribution in [3.05, 3.63) is 76.7 Å². The summed E-state index contributed by atoms with van der Waals surface area (Å²) in [6, 6.07) is 13.6. The minimum absolute atomic E-state index is 0.133. The van der Waals surface area contributed by atoms with Gasteiger partial charge in [-0.2, -0.15) is 0 Å². The van der Waals surface area contributed by atoms with E-state index in [1.807, 2.05) is 24.3 Å². The SMILES string of the molecule is O=C(NC1CCN(Cc2ccc(Cl)c3cccnc23)CC1)c1ccc(F)cc1. The molecule has 1 aliphatic heterocycles.